The second kappa shape index (κ2) is 7.77. The van der Waals surface area contributed by atoms with E-state index < -0.39 is 0 Å². The molecule has 114 valence electrons. The molecule has 2 aromatic carbocycles. The first-order valence-electron chi connectivity index (χ1n) is 5.82. The van der Waals surface area contributed by atoms with Gasteiger partial charge in [-0.2, -0.15) is 0 Å². The van der Waals surface area contributed by atoms with E-state index in [1.165, 1.54) is 0 Å². The number of nitrogens with zero attached hydrogens (tertiary/aromatic N) is 4. The van der Waals surface area contributed by atoms with Crippen molar-refractivity contribution in [3.8, 4) is 0 Å². The highest BCUT2D eigenvalue weighted by Gasteiger charge is 2.03. The standard InChI is InChI=1S/C13H9ClN6.2ClH/c14-8-1-6-11-12(7-8)18-13(17-11)16-9-2-4-10(5-3-9)19-20-15;;/h1-7H,(H2,16,17,18);2*1H. The molecule has 22 heavy (non-hydrogen) atoms. The van der Waals surface area contributed by atoms with Crippen molar-refractivity contribution in [2.45, 2.75) is 0 Å². The zero-order valence-corrected chi connectivity index (χ0v) is 13.4. The van der Waals surface area contributed by atoms with Crippen LogP contribution in [0.4, 0.5) is 17.3 Å². The molecule has 2 N–H and O–H groups in total. The van der Waals surface area contributed by atoms with Gasteiger partial charge in [0.25, 0.3) is 0 Å². The van der Waals surface area contributed by atoms with Crippen LogP contribution in [0.15, 0.2) is 47.6 Å². The number of rotatable bonds is 3. The molecule has 0 aliphatic heterocycles. The van der Waals surface area contributed by atoms with Gasteiger partial charge >= 0.3 is 0 Å². The molecule has 0 radical (unpaired) electrons. The summed E-state index contributed by atoms with van der Waals surface area (Å²) in [7, 11) is 0. The Morgan fingerprint density at radius 2 is 1.86 bits per heavy atom. The van der Waals surface area contributed by atoms with Gasteiger partial charge in [0.15, 0.2) is 0 Å². The average Bonchev–Trinajstić information content (AvgIpc) is 2.82. The quantitative estimate of drug-likeness (QED) is 0.355. The fraction of sp³-hybridized carbons (Fsp3) is 0. The minimum Gasteiger partial charge on any atom is -0.326 e. The van der Waals surface area contributed by atoms with Crippen LogP contribution in [0.5, 0.6) is 0 Å². The van der Waals surface area contributed by atoms with Crippen molar-refractivity contribution in [2.24, 2.45) is 5.11 Å². The first kappa shape index (κ1) is 17.9. The van der Waals surface area contributed by atoms with Crippen LogP contribution in [-0.2, 0) is 0 Å². The maximum Gasteiger partial charge on any atom is 0.205 e. The molecule has 0 fully saturated rings. The van der Waals surface area contributed by atoms with Crippen molar-refractivity contribution >= 4 is 64.8 Å². The number of hydrogen-bond donors (Lipinski definition) is 2. The molecule has 3 rings (SSSR count). The van der Waals surface area contributed by atoms with Crippen LogP contribution in [0.25, 0.3) is 21.5 Å². The van der Waals surface area contributed by atoms with Gasteiger partial charge in [-0.1, -0.05) is 28.8 Å². The monoisotopic (exact) mass is 356 g/mol. The van der Waals surface area contributed by atoms with Gasteiger partial charge in [-0.25, -0.2) is 4.98 Å². The molecular weight excluding hydrogens is 347 g/mol. The molecule has 0 spiro atoms. The van der Waals surface area contributed by atoms with Gasteiger partial charge in [0.05, 0.1) is 11.0 Å². The van der Waals surface area contributed by atoms with Gasteiger partial charge in [-0.15, -0.1) is 24.8 Å². The zero-order valence-electron chi connectivity index (χ0n) is 11.0. The molecule has 0 aliphatic carbocycles. The summed E-state index contributed by atoms with van der Waals surface area (Å²) in [6, 6.07) is 12.5. The number of nitrogens with one attached hydrogen (secondary N) is 2. The number of H-pyrrole nitrogens is 1. The highest BCUT2D eigenvalue weighted by molar-refractivity contribution is 6.31. The normalized spacial score (nSPS) is 9.32. The van der Waals surface area contributed by atoms with Gasteiger partial charge in [0.2, 0.25) is 5.95 Å². The summed E-state index contributed by atoms with van der Waals surface area (Å²) in [5, 5.41) is 7.31. The number of fused-ring (bicyclic) bond motifs is 1. The summed E-state index contributed by atoms with van der Waals surface area (Å²) in [6.07, 6.45) is 0. The van der Waals surface area contributed by atoms with Crippen molar-refractivity contribution in [2.75, 3.05) is 5.32 Å². The summed E-state index contributed by atoms with van der Waals surface area (Å²) in [5.41, 5.74) is 11.5. The Morgan fingerprint density at radius 1 is 1.14 bits per heavy atom. The van der Waals surface area contributed by atoms with Crippen molar-refractivity contribution in [1.29, 1.82) is 0 Å². The van der Waals surface area contributed by atoms with Crippen LogP contribution in [0.3, 0.4) is 0 Å². The van der Waals surface area contributed by atoms with Crippen LogP contribution >= 0.6 is 36.4 Å². The SMILES string of the molecule is Cl.Cl.[N-]=[N+]=Nc1ccc(Nc2nc3ccc(Cl)cc3[nH]2)cc1. The van der Waals surface area contributed by atoms with E-state index in [9.17, 15) is 0 Å². The first-order valence-corrected chi connectivity index (χ1v) is 6.20. The van der Waals surface area contributed by atoms with Crippen LogP contribution in [0, 0.1) is 0 Å². The maximum atomic E-state index is 8.34. The summed E-state index contributed by atoms with van der Waals surface area (Å²) in [5.74, 6) is 0.624. The lowest BCUT2D eigenvalue weighted by atomic mass is 10.3. The molecule has 0 amide bonds. The predicted molar refractivity (Wildman–Crippen MR) is 94.1 cm³/mol. The third-order valence-electron chi connectivity index (χ3n) is 2.73. The van der Waals surface area contributed by atoms with Crippen LogP contribution in [0.1, 0.15) is 0 Å². The zero-order chi connectivity index (χ0) is 13.9. The van der Waals surface area contributed by atoms with E-state index in [0.717, 1.165) is 16.7 Å². The molecular formula is C13H11Cl3N6. The molecule has 0 aliphatic rings. The van der Waals surface area contributed by atoms with E-state index in [-0.39, 0.29) is 24.8 Å². The molecule has 0 atom stereocenters. The molecule has 1 heterocycles. The van der Waals surface area contributed by atoms with E-state index in [0.29, 0.717) is 16.7 Å². The fourth-order valence-electron chi connectivity index (χ4n) is 1.84. The molecule has 9 heteroatoms. The van der Waals surface area contributed by atoms with Crippen molar-refractivity contribution in [3.05, 3.63) is 57.9 Å². The van der Waals surface area contributed by atoms with Gasteiger partial charge in [-0.05, 0) is 35.9 Å². The lowest BCUT2D eigenvalue weighted by molar-refractivity contribution is 1.31. The summed E-state index contributed by atoms with van der Waals surface area (Å²) in [6.45, 7) is 0. The summed E-state index contributed by atoms with van der Waals surface area (Å²) in [4.78, 5) is 10.3. The Hall–Kier alpha value is -2.11. The molecule has 6 nitrogen and oxygen atoms in total. The van der Waals surface area contributed by atoms with E-state index in [1.54, 1.807) is 18.2 Å². The van der Waals surface area contributed by atoms with Gasteiger partial charge in [0.1, 0.15) is 0 Å². The highest BCUT2D eigenvalue weighted by atomic mass is 35.5. The van der Waals surface area contributed by atoms with Gasteiger partial charge < -0.3 is 10.3 Å². The Labute approximate surface area is 143 Å². The Balaban J connectivity index is 0.00000121. The highest BCUT2D eigenvalue weighted by Crippen LogP contribution is 2.22. The number of benzene rings is 2. The lowest BCUT2D eigenvalue weighted by Gasteiger charge is -2.02. The molecule has 0 unspecified atom stereocenters. The van der Waals surface area contributed by atoms with Crippen LogP contribution in [-0.4, -0.2) is 9.97 Å². The summed E-state index contributed by atoms with van der Waals surface area (Å²) >= 11 is 5.93. The minimum absolute atomic E-state index is 0. The minimum atomic E-state index is 0. The van der Waals surface area contributed by atoms with Crippen molar-refractivity contribution < 1.29 is 0 Å². The van der Waals surface area contributed by atoms with E-state index in [1.807, 2.05) is 24.3 Å². The Bertz CT molecular complexity index is 808. The lowest BCUT2D eigenvalue weighted by Crippen LogP contribution is -1.91. The third kappa shape index (κ3) is 3.96. The van der Waals surface area contributed by atoms with E-state index in [2.05, 4.69) is 25.3 Å². The van der Waals surface area contributed by atoms with E-state index in [4.69, 9.17) is 17.1 Å². The van der Waals surface area contributed by atoms with Gasteiger partial charge in [0, 0.05) is 21.3 Å². The maximum absolute atomic E-state index is 8.34. The smallest absolute Gasteiger partial charge is 0.205 e. The number of aromatic amines is 1. The molecule has 1 aromatic heterocycles. The topological polar surface area (TPSA) is 89.5 Å². The van der Waals surface area contributed by atoms with Crippen LogP contribution in [0.2, 0.25) is 5.02 Å². The second-order valence-electron chi connectivity index (χ2n) is 4.11. The summed E-state index contributed by atoms with van der Waals surface area (Å²) < 4.78 is 0. The number of azide groups is 1. The number of aromatic nitrogens is 2. The number of hydrogen-bond acceptors (Lipinski definition) is 3. The molecule has 0 bridgehead atoms. The molecule has 0 saturated heterocycles. The largest absolute Gasteiger partial charge is 0.326 e. The van der Waals surface area contributed by atoms with Crippen molar-refractivity contribution in [1.82, 2.24) is 9.97 Å². The third-order valence-corrected chi connectivity index (χ3v) is 2.97. The fourth-order valence-corrected chi connectivity index (χ4v) is 2.01. The second-order valence-corrected chi connectivity index (χ2v) is 4.54. The number of imidazole rings is 1. The first-order chi connectivity index (χ1) is 9.74. The Morgan fingerprint density at radius 3 is 2.55 bits per heavy atom. The molecule has 3 aromatic rings. The number of anilines is 2. The number of halogens is 3. The Kier molecular flexibility index (Phi) is 6.34. The van der Waals surface area contributed by atoms with Gasteiger partial charge in [-0.3, -0.25) is 0 Å². The molecule has 0 saturated carbocycles. The van der Waals surface area contributed by atoms with Crippen molar-refractivity contribution in [3.63, 3.8) is 0 Å². The van der Waals surface area contributed by atoms with Crippen LogP contribution < -0.4 is 5.32 Å². The van der Waals surface area contributed by atoms with E-state index >= 15 is 0 Å². The predicted octanol–water partition coefficient (Wildman–Crippen LogP) is 5.75. The average molecular weight is 358 g/mol.